The molecular formula is C28H36N2O. The average Bonchev–Trinajstić information content (AvgIpc) is 3.43. The molecule has 4 saturated carbocycles. The number of aryl methyl sites for hydroxylation is 1. The minimum absolute atomic E-state index is 0.0818. The summed E-state index contributed by atoms with van der Waals surface area (Å²) in [6.07, 6.45) is 14.5. The lowest BCUT2D eigenvalue weighted by molar-refractivity contribution is -0.249. The highest BCUT2D eigenvalue weighted by atomic mass is 16.1. The molecule has 0 amide bonds. The first-order valence-electron chi connectivity index (χ1n) is 12.5. The summed E-state index contributed by atoms with van der Waals surface area (Å²) < 4.78 is 0. The Morgan fingerprint density at radius 2 is 1.97 bits per heavy atom. The molecule has 6 rings (SSSR count). The summed E-state index contributed by atoms with van der Waals surface area (Å²) in [5, 5.41) is 0. The number of benzene rings is 1. The molecule has 164 valence electrons. The van der Waals surface area contributed by atoms with Crippen molar-refractivity contribution in [2.45, 2.75) is 84.5 Å². The first-order chi connectivity index (χ1) is 14.9. The van der Waals surface area contributed by atoms with Crippen LogP contribution in [0.2, 0.25) is 0 Å². The van der Waals surface area contributed by atoms with Crippen molar-refractivity contribution in [1.29, 1.82) is 0 Å². The zero-order valence-electron chi connectivity index (χ0n) is 19.3. The van der Waals surface area contributed by atoms with E-state index in [1.807, 2.05) is 12.5 Å². The highest BCUT2D eigenvalue weighted by molar-refractivity contribution is 5.89. The van der Waals surface area contributed by atoms with E-state index in [-0.39, 0.29) is 5.41 Å². The molecule has 2 aromatic rings. The van der Waals surface area contributed by atoms with Gasteiger partial charge in [-0.05, 0) is 98.1 Å². The van der Waals surface area contributed by atoms with Crippen molar-refractivity contribution in [3.05, 3.63) is 53.1 Å². The normalized spacial score (nSPS) is 37.8. The highest BCUT2D eigenvalue weighted by Crippen LogP contribution is 2.90. The van der Waals surface area contributed by atoms with E-state index in [1.54, 1.807) is 0 Å². The van der Waals surface area contributed by atoms with Crippen molar-refractivity contribution >= 4 is 5.78 Å². The lowest BCUT2D eigenvalue weighted by Gasteiger charge is -2.73. The van der Waals surface area contributed by atoms with E-state index in [1.165, 1.54) is 60.9 Å². The maximum Gasteiger partial charge on any atom is 0.139 e. The number of H-pyrrole nitrogens is 1. The van der Waals surface area contributed by atoms with Crippen LogP contribution in [0.25, 0.3) is 0 Å². The van der Waals surface area contributed by atoms with Crippen LogP contribution in [0, 0.1) is 41.9 Å². The van der Waals surface area contributed by atoms with Crippen molar-refractivity contribution in [2.75, 3.05) is 0 Å². The molecule has 3 heteroatoms. The molecule has 1 aromatic carbocycles. The van der Waals surface area contributed by atoms with Gasteiger partial charge in [-0.3, -0.25) is 4.79 Å². The van der Waals surface area contributed by atoms with Crippen LogP contribution in [0.1, 0.15) is 93.0 Å². The molecule has 0 saturated heterocycles. The Kier molecular flexibility index (Phi) is 4.18. The minimum atomic E-state index is 0.0818. The number of nitrogens with one attached hydrogen (secondary N) is 1. The SMILES string of the molecule is CCCCC(=O)C12CC3CC4(CC(c5cnc[nH]5)c5cccc(C)c5C)CC(C1)C32C4. The first kappa shape index (κ1) is 19.8. The molecule has 4 fully saturated rings. The summed E-state index contributed by atoms with van der Waals surface area (Å²) in [5.74, 6) is 2.62. The molecule has 2 bridgehead atoms. The highest BCUT2D eigenvalue weighted by Gasteiger charge is 2.85. The summed E-state index contributed by atoms with van der Waals surface area (Å²) in [6.45, 7) is 6.70. The lowest BCUT2D eigenvalue weighted by Crippen LogP contribution is -2.71. The topological polar surface area (TPSA) is 45.8 Å². The van der Waals surface area contributed by atoms with Crippen LogP contribution in [0.4, 0.5) is 0 Å². The van der Waals surface area contributed by atoms with Gasteiger partial charge in [0.25, 0.3) is 0 Å². The van der Waals surface area contributed by atoms with Crippen LogP contribution in [0.15, 0.2) is 30.7 Å². The zero-order chi connectivity index (χ0) is 21.4. The molecular weight excluding hydrogens is 380 g/mol. The Morgan fingerprint density at radius 3 is 2.65 bits per heavy atom. The van der Waals surface area contributed by atoms with E-state index in [0.717, 1.165) is 31.1 Å². The van der Waals surface area contributed by atoms with Crippen molar-refractivity contribution in [1.82, 2.24) is 9.97 Å². The molecule has 1 spiro atoms. The Hall–Kier alpha value is -1.90. The summed E-state index contributed by atoms with van der Waals surface area (Å²) >= 11 is 0. The van der Waals surface area contributed by atoms with Crippen LogP contribution in [-0.2, 0) is 4.79 Å². The smallest absolute Gasteiger partial charge is 0.139 e. The van der Waals surface area contributed by atoms with Gasteiger partial charge in [-0.1, -0.05) is 31.5 Å². The second-order valence-electron chi connectivity index (χ2n) is 11.6. The second-order valence-corrected chi connectivity index (χ2v) is 11.6. The van der Waals surface area contributed by atoms with Crippen LogP contribution >= 0.6 is 0 Å². The molecule has 3 atom stereocenters. The van der Waals surface area contributed by atoms with Crippen molar-refractivity contribution in [2.24, 2.45) is 28.1 Å². The Morgan fingerprint density at radius 1 is 1.19 bits per heavy atom. The molecule has 4 aliphatic rings. The van der Waals surface area contributed by atoms with Crippen LogP contribution in [-0.4, -0.2) is 15.8 Å². The van der Waals surface area contributed by atoms with Gasteiger partial charge in [0.2, 0.25) is 0 Å². The number of carbonyl (C=O) groups excluding carboxylic acids is 1. The van der Waals surface area contributed by atoms with E-state index in [0.29, 0.717) is 22.5 Å². The second kappa shape index (κ2) is 6.56. The maximum absolute atomic E-state index is 13.3. The van der Waals surface area contributed by atoms with E-state index < -0.39 is 0 Å². The molecule has 3 nitrogen and oxygen atoms in total. The van der Waals surface area contributed by atoms with Gasteiger partial charge in [-0.25, -0.2) is 4.98 Å². The predicted octanol–water partition coefficient (Wildman–Crippen LogP) is 6.50. The molecule has 0 radical (unpaired) electrons. The summed E-state index contributed by atoms with van der Waals surface area (Å²) in [5.41, 5.74) is 6.38. The number of nitrogens with zero attached hydrogens (tertiary/aromatic N) is 1. The number of unbranched alkanes of at least 4 members (excludes halogenated alkanes) is 1. The first-order valence-corrected chi connectivity index (χ1v) is 12.5. The molecule has 1 heterocycles. The van der Waals surface area contributed by atoms with Crippen molar-refractivity contribution in [3.8, 4) is 0 Å². The zero-order valence-corrected chi connectivity index (χ0v) is 19.3. The summed E-state index contributed by atoms with van der Waals surface area (Å²) in [7, 11) is 0. The Bertz CT molecular complexity index is 1000. The van der Waals surface area contributed by atoms with Gasteiger partial charge in [-0.2, -0.15) is 0 Å². The lowest BCUT2D eigenvalue weighted by atomic mass is 9.29. The molecule has 3 unspecified atom stereocenters. The Labute approximate surface area is 186 Å². The van der Waals surface area contributed by atoms with Crippen LogP contribution in [0.5, 0.6) is 0 Å². The average molecular weight is 417 g/mol. The maximum atomic E-state index is 13.3. The van der Waals surface area contributed by atoms with Gasteiger partial charge < -0.3 is 4.98 Å². The summed E-state index contributed by atoms with van der Waals surface area (Å²) in [6, 6.07) is 6.77. The fourth-order valence-corrected chi connectivity index (χ4v) is 9.11. The Balaban J connectivity index is 1.31. The molecule has 1 N–H and O–H groups in total. The molecule has 4 aliphatic carbocycles. The number of fused-ring (bicyclic) bond motifs is 1. The van der Waals surface area contributed by atoms with E-state index >= 15 is 0 Å². The van der Waals surface area contributed by atoms with Crippen molar-refractivity contribution in [3.63, 3.8) is 0 Å². The number of hydrogen-bond donors (Lipinski definition) is 1. The number of imidazole rings is 1. The number of hydrogen-bond acceptors (Lipinski definition) is 2. The standard InChI is InChI=1S/C28H36N2O/c1-4-5-9-25(31)27-12-20-10-26(11-21(13-27)28(20,27)16-26)14-23(24-15-29-17-30-24)22-8-6-7-18(2)19(22)3/h6-8,15,17,20-21,23H,4-5,9-14,16H2,1-3H3,(H,29,30). The van der Waals surface area contributed by atoms with E-state index in [9.17, 15) is 4.79 Å². The number of rotatable bonds is 8. The third kappa shape index (κ3) is 2.41. The van der Waals surface area contributed by atoms with Crippen LogP contribution in [0.3, 0.4) is 0 Å². The largest absolute Gasteiger partial charge is 0.348 e. The third-order valence-electron chi connectivity index (χ3n) is 10.4. The summed E-state index contributed by atoms with van der Waals surface area (Å²) in [4.78, 5) is 21.1. The van der Waals surface area contributed by atoms with Gasteiger partial charge in [-0.15, -0.1) is 0 Å². The number of aromatic amines is 1. The van der Waals surface area contributed by atoms with E-state index in [2.05, 4.69) is 48.9 Å². The molecule has 31 heavy (non-hydrogen) atoms. The van der Waals surface area contributed by atoms with Crippen molar-refractivity contribution < 1.29 is 4.79 Å². The number of aromatic nitrogens is 2. The molecule has 0 aliphatic heterocycles. The van der Waals surface area contributed by atoms with E-state index in [4.69, 9.17) is 0 Å². The predicted molar refractivity (Wildman–Crippen MR) is 123 cm³/mol. The van der Waals surface area contributed by atoms with Gasteiger partial charge in [0.1, 0.15) is 5.78 Å². The number of ketones is 1. The monoisotopic (exact) mass is 416 g/mol. The molecule has 1 aromatic heterocycles. The van der Waals surface area contributed by atoms with Gasteiger partial charge >= 0.3 is 0 Å². The fraction of sp³-hybridized carbons (Fsp3) is 0.643. The minimum Gasteiger partial charge on any atom is -0.348 e. The van der Waals surface area contributed by atoms with Gasteiger partial charge in [0.15, 0.2) is 0 Å². The number of carbonyl (C=O) groups is 1. The van der Waals surface area contributed by atoms with Gasteiger partial charge in [0, 0.05) is 29.6 Å². The van der Waals surface area contributed by atoms with Gasteiger partial charge in [0.05, 0.1) is 6.33 Å². The fourth-order valence-electron chi connectivity index (χ4n) is 9.11. The van der Waals surface area contributed by atoms with Crippen LogP contribution < -0.4 is 0 Å². The quantitative estimate of drug-likeness (QED) is 0.533. The number of Topliss-reactive ketones (excluding diaryl/α,β-unsaturated/α-hetero) is 1. The third-order valence-corrected chi connectivity index (χ3v) is 10.4.